The Morgan fingerprint density at radius 2 is 2.16 bits per heavy atom. The average Bonchev–Trinajstić information content (AvgIpc) is 2.36. The van der Waals surface area contributed by atoms with Gasteiger partial charge in [-0.25, -0.2) is 8.42 Å². The van der Waals surface area contributed by atoms with Crippen molar-refractivity contribution in [2.75, 3.05) is 12.4 Å². The molecule has 0 aromatic heterocycles. The molecule has 19 heavy (non-hydrogen) atoms. The van der Waals surface area contributed by atoms with Gasteiger partial charge in [-0.05, 0) is 31.0 Å². The van der Waals surface area contributed by atoms with Crippen LogP contribution in [0.25, 0.3) is 0 Å². The van der Waals surface area contributed by atoms with Gasteiger partial charge in [-0.3, -0.25) is 0 Å². The molecular formula is C13H16N2O3S. The van der Waals surface area contributed by atoms with E-state index in [0.29, 0.717) is 5.56 Å². The second-order valence-corrected chi connectivity index (χ2v) is 6.79. The Labute approximate surface area is 112 Å². The van der Waals surface area contributed by atoms with Gasteiger partial charge in [0.15, 0.2) is 9.84 Å². The molecule has 1 saturated carbocycles. The predicted octanol–water partition coefficient (Wildman–Crippen LogP) is 0.838. The molecule has 0 amide bonds. The number of ether oxygens (including phenoxy) is 1. The molecule has 0 atom stereocenters. The number of sulfone groups is 1. The molecule has 1 aromatic rings. The molecule has 5 nitrogen and oxygen atoms in total. The molecule has 1 aliphatic rings. The fraction of sp³-hybridized carbons (Fsp3) is 0.462. The third-order valence-corrected chi connectivity index (χ3v) is 4.84. The zero-order valence-corrected chi connectivity index (χ0v) is 11.3. The number of nitrogens with two attached hydrogens (primary N) is 1. The zero-order chi connectivity index (χ0) is 13.9. The Morgan fingerprint density at radius 3 is 2.79 bits per heavy atom. The highest BCUT2D eigenvalue weighted by Crippen LogP contribution is 2.21. The van der Waals surface area contributed by atoms with Crippen molar-refractivity contribution in [2.24, 2.45) is 5.73 Å². The number of benzene rings is 1. The van der Waals surface area contributed by atoms with E-state index >= 15 is 0 Å². The third-order valence-electron chi connectivity index (χ3n) is 3.16. The maximum Gasteiger partial charge on any atom is 0.180 e. The van der Waals surface area contributed by atoms with Gasteiger partial charge in [-0.1, -0.05) is 6.07 Å². The average molecular weight is 280 g/mol. The summed E-state index contributed by atoms with van der Waals surface area (Å²) in [4.78, 5) is 0.167. The highest BCUT2D eigenvalue weighted by atomic mass is 32.2. The SMILES string of the molecule is N#Cc1cccc(S(=O)(=O)CCOC2CC(N)C2)c1. The number of nitrogens with zero attached hydrogens (tertiary/aromatic N) is 1. The molecule has 0 radical (unpaired) electrons. The van der Waals surface area contributed by atoms with E-state index < -0.39 is 9.84 Å². The standard InChI is InChI=1S/C13H16N2O3S/c14-9-10-2-1-3-13(6-10)19(16,17)5-4-18-12-7-11(15)8-12/h1-3,6,11-12H,4-5,7-8,15H2. The van der Waals surface area contributed by atoms with Crippen molar-refractivity contribution >= 4 is 9.84 Å². The fourth-order valence-electron chi connectivity index (χ4n) is 1.94. The van der Waals surface area contributed by atoms with E-state index in [1.165, 1.54) is 12.1 Å². The first-order chi connectivity index (χ1) is 9.01. The van der Waals surface area contributed by atoms with Crippen molar-refractivity contribution in [2.45, 2.75) is 29.9 Å². The van der Waals surface area contributed by atoms with Gasteiger partial charge in [-0.2, -0.15) is 5.26 Å². The zero-order valence-electron chi connectivity index (χ0n) is 10.5. The molecule has 2 N–H and O–H groups in total. The largest absolute Gasteiger partial charge is 0.377 e. The first-order valence-electron chi connectivity index (χ1n) is 6.11. The van der Waals surface area contributed by atoms with E-state index in [1.54, 1.807) is 12.1 Å². The lowest BCUT2D eigenvalue weighted by Crippen LogP contribution is -2.42. The van der Waals surface area contributed by atoms with Gasteiger partial charge in [0.25, 0.3) is 0 Å². The van der Waals surface area contributed by atoms with Crippen LogP contribution in [0.15, 0.2) is 29.2 Å². The minimum atomic E-state index is -3.39. The topological polar surface area (TPSA) is 93.2 Å². The molecule has 0 unspecified atom stereocenters. The van der Waals surface area contributed by atoms with Crippen LogP contribution in [0.4, 0.5) is 0 Å². The number of hydrogen-bond acceptors (Lipinski definition) is 5. The van der Waals surface area contributed by atoms with Crippen LogP contribution in [0.2, 0.25) is 0 Å². The van der Waals surface area contributed by atoms with Gasteiger partial charge in [0.2, 0.25) is 0 Å². The summed E-state index contributed by atoms with van der Waals surface area (Å²) in [5, 5.41) is 8.76. The normalized spacial score (nSPS) is 22.5. The van der Waals surface area contributed by atoms with Gasteiger partial charge < -0.3 is 10.5 Å². The van der Waals surface area contributed by atoms with Gasteiger partial charge in [0, 0.05) is 6.04 Å². The highest BCUT2D eigenvalue weighted by molar-refractivity contribution is 7.91. The van der Waals surface area contributed by atoms with E-state index in [9.17, 15) is 8.42 Å². The van der Waals surface area contributed by atoms with Crippen LogP contribution in [0.1, 0.15) is 18.4 Å². The Bertz CT molecular complexity index is 586. The summed E-state index contributed by atoms with van der Waals surface area (Å²) in [6.45, 7) is 0.163. The maximum atomic E-state index is 12.0. The summed E-state index contributed by atoms with van der Waals surface area (Å²) in [5.74, 6) is -0.0758. The van der Waals surface area contributed by atoms with E-state index in [0.717, 1.165) is 12.8 Å². The van der Waals surface area contributed by atoms with Crippen molar-refractivity contribution < 1.29 is 13.2 Å². The molecule has 0 bridgehead atoms. The lowest BCUT2D eigenvalue weighted by atomic mass is 9.90. The summed E-state index contributed by atoms with van der Waals surface area (Å²) >= 11 is 0. The van der Waals surface area contributed by atoms with Gasteiger partial charge in [-0.15, -0.1) is 0 Å². The number of rotatable bonds is 5. The van der Waals surface area contributed by atoms with Crippen LogP contribution in [0.5, 0.6) is 0 Å². The molecule has 102 valence electrons. The van der Waals surface area contributed by atoms with Crippen molar-refractivity contribution in [3.05, 3.63) is 29.8 Å². The summed E-state index contributed by atoms with van der Waals surface area (Å²) in [6.07, 6.45) is 1.68. The van der Waals surface area contributed by atoms with Crippen LogP contribution in [0, 0.1) is 11.3 Å². The predicted molar refractivity (Wildman–Crippen MR) is 70.2 cm³/mol. The molecule has 0 spiro atoms. The van der Waals surface area contributed by atoms with Crippen molar-refractivity contribution in [3.8, 4) is 6.07 Å². The lowest BCUT2D eigenvalue weighted by molar-refractivity contribution is -0.000255. The second-order valence-electron chi connectivity index (χ2n) is 4.68. The number of hydrogen-bond donors (Lipinski definition) is 1. The van der Waals surface area contributed by atoms with Crippen molar-refractivity contribution in [3.63, 3.8) is 0 Å². The van der Waals surface area contributed by atoms with E-state index in [4.69, 9.17) is 15.7 Å². The number of nitriles is 1. The van der Waals surface area contributed by atoms with Gasteiger partial charge in [0.05, 0.1) is 35.0 Å². The molecule has 1 aromatic carbocycles. The molecule has 0 aliphatic heterocycles. The maximum absolute atomic E-state index is 12.0. The molecule has 0 heterocycles. The van der Waals surface area contributed by atoms with Crippen LogP contribution in [-0.2, 0) is 14.6 Å². The summed E-state index contributed by atoms with van der Waals surface area (Å²) in [5.41, 5.74) is 5.96. The van der Waals surface area contributed by atoms with Crippen molar-refractivity contribution in [1.29, 1.82) is 5.26 Å². The Balaban J connectivity index is 1.92. The first kappa shape index (κ1) is 14.0. The summed E-state index contributed by atoms with van der Waals surface area (Å²) in [7, 11) is -3.39. The Kier molecular flexibility index (Phi) is 4.20. The Morgan fingerprint density at radius 1 is 1.42 bits per heavy atom. The molecular weight excluding hydrogens is 264 g/mol. The summed E-state index contributed by atoms with van der Waals surface area (Å²) < 4.78 is 29.5. The quantitative estimate of drug-likeness (QED) is 0.862. The monoisotopic (exact) mass is 280 g/mol. The molecule has 2 rings (SSSR count). The van der Waals surface area contributed by atoms with Crippen molar-refractivity contribution in [1.82, 2.24) is 0 Å². The van der Waals surface area contributed by atoms with E-state index in [1.807, 2.05) is 6.07 Å². The third kappa shape index (κ3) is 3.53. The van der Waals surface area contributed by atoms with Gasteiger partial charge in [0.1, 0.15) is 0 Å². The molecule has 6 heteroatoms. The highest BCUT2D eigenvalue weighted by Gasteiger charge is 2.27. The minimum absolute atomic E-state index is 0.0758. The molecule has 1 fully saturated rings. The molecule has 1 aliphatic carbocycles. The van der Waals surface area contributed by atoms with Crippen LogP contribution >= 0.6 is 0 Å². The van der Waals surface area contributed by atoms with Crippen LogP contribution in [-0.4, -0.2) is 32.9 Å². The summed E-state index contributed by atoms with van der Waals surface area (Å²) in [6, 6.07) is 8.14. The van der Waals surface area contributed by atoms with E-state index in [2.05, 4.69) is 0 Å². The smallest absolute Gasteiger partial charge is 0.180 e. The Hall–Kier alpha value is -1.42. The molecule has 0 saturated heterocycles. The second kappa shape index (κ2) is 5.70. The minimum Gasteiger partial charge on any atom is -0.377 e. The first-order valence-corrected chi connectivity index (χ1v) is 7.76. The van der Waals surface area contributed by atoms with Crippen LogP contribution < -0.4 is 5.73 Å². The fourth-order valence-corrected chi connectivity index (χ4v) is 3.09. The lowest BCUT2D eigenvalue weighted by Gasteiger charge is -2.32. The van der Waals surface area contributed by atoms with Gasteiger partial charge >= 0.3 is 0 Å². The van der Waals surface area contributed by atoms with E-state index in [-0.39, 0.29) is 29.4 Å². The van der Waals surface area contributed by atoms with Crippen LogP contribution in [0.3, 0.4) is 0 Å².